The molecule has 6 heteroatoms. The molecule has 0 radical (unpaired) electrons. The van der Waals surface area contributed by atoms with Gasteiger partial charge in [0.2, 0.25) is 10.0 Å². The lowest BCUT2D eigenvalue weighted by Crippen LogP contribution is -2.43. The summed E-state index contributed by atoms with van der Waals surface area (Å²) in [6.45, 7) is 3.99. The van der Waals surface area contributed by atoms with Crippen LogP contribution in [0.15, 0.2) is 24.3 Å². The summed E-state index contributed by atoms with van der Waals surface area (Å²) in [6, 6.07) is 5.33. The van der Waals surface area contributed by atoms with Crippen LogP contribution in [0.1, 0.15) is 33.1 Å². The Labute approximate surface area is 130 Å². The van der Waals surface area contributed by atoms with E-state index in [0.717, 1.165) is 12.5 Å². The van der Waals surface area contributed by atoms with E-state index in [0.29, 0.717) is 12.8 Å². The summed E-state index contributed by atoms with van der Waals surface area (Å²) in [5.74, 6) is -0.405. The highest BCUT2D eigenvalue weighted by Crippen LogP contribution is 2.64. The Kier molecular flexibility index (Phi) is 3.36. The SMILES string of the molecule is CC1(C)[C@@H]2CC[C@]1(CS(=O)(=O)Nc1cccc(F)c1)C(=O)C2. The van der Waals surface area contributed by atoms with E-state index in [4.69, 9.17) is 0 Å². The molecule has 0 amide bonds. The topological polar surface area (TPSA) is 63.2 Å². The lowest BCUT2D eigenvalue weighted by Gasteiger charge is -2.36. The van der Waals surface area contributed by atoms with Crippen molar-refractivity contribution in [3.05, 3.63) is 30.1 Å². The number of fused-ring (bicyclic) bond motifs is 2. The molecule has 0 heterocycles. The maximum absolute atomic E-state index is 13.2. The Morgan fingerprint density at radius 3 is 2.64 bits per heavy atom. The molecule has 22 heavy (non-hydrogen) atoms. The number of Topliss-reactive ketones (excluding diaryl/α,β-unsaturated/α-hetero) is 1. The van der Waals surface area contributed by atoms with Crippen LogP contribution in [0.2, 0.25) is 0 Å². The van der Waals surface area contributed by atoms with Crippen LogP contribution in [-0.2, 0) is 14.8 Å². The number of anilines is 1. The third-order valence-corrected chi connectivity index (χ3v) is 7.09. The van der Waals surface area contributed by atoms with Crippen molar-refractivity contribution in [2.24, 2.45) is 16.7 Å². The van der Waals surface area contributed by atoms with Gasteiger partial charge in [0.25, 0.3) is 0 Å². The molecule has 4 nitrogen and oxygen atoms in total. The van der Waals surface area contributed by atoms with Gasteiger partial charge in [-0.15, -0.1) is 0 Å². The van der Waals surface area contributed by atoms with E-state index in [9.17, 15) is 17.6 Å². The van der Waals surface area contributed by atoms with Gasteiger partial charge in [-0.3, -0.25) is 9.52 Å². The number of halogens is 1. The smallest absolute Gasteiger partial charge is 0.233 e. The first-order valence-corrected chi connectivity index (χ1v) is 9.11. The second kappa shape index (κ2) is 4.78. The van der Waals surface area contributed by atoms with Gasteiger partial charge < -0.3 is 0 Å². The van der Waals surface area contributed by atoms with Gasteiger partial charge in [0, 0.05) is 6.42 Å². The van der Waals surface area contributed by atoms with Crippen LogP contribution in [0.25, 0.3) is 0 Å². The highest BCUT2D eigenvalue weighted by molar-refractivity contribution is 7.92. The molecular weight excluding hydrogens is 305 g/mol. The van der Waals surface area contributed by atoms with Crippen molar-refractivity contribution in [1.29, 1.82) is 0 Å². The number of hydrogen-bond acceptors (Lipinski definition) is 3. The van der Waals surface area contributed by atoms with Crippen molar-refractivity contribution in [2.75, 3.05) is 10.5 Å². The second-order valence-electron chi connectivity index (χ2n) is 7.04. The van der Waals surface area contributed by atoms with Crippen molar-refractivity contribution in [1.82, 2.24) is 0 Å². The normalized spacial score (nSPS) is 29.8. The lowest BCUT2D eigenvalue weighted by atomic mass is 9.70. The molecule has 0 aromatic heterocycles. The lowest BCUT2D eigenvalue weighted by molar-refractivity contribution is -0.128. The monoisotopic (exact) mass is 325 g/mol. The molecule has 1 aromatic rings. The molecule has 1 aromatic carbocycles. The molecule has 2 fully saturated rings. The van der Waals surface area contributed by atoms with Crippen LogP contribution in [0.5, 0.6) is 0 Å². The van der Waals surface area contributed by atoms with Gasteiger partial charge in [0.1, 0.15) is 11.6 Å². The fraction of sp³-hybridized carbons (Fsp3) is 0.562. The van der Waals surface area contributed by atoms with E-state index in [1.54, 1.807) is 0 Å². The minimum Gasteiger partial charge on any atom is -0.299 e. The third kappa shape index (κ3) is 2.24. The Balaban J connectivity index is 1.87. The predicted octanol–water partition coefficient (Wildman–Crippen LogP) is 2.96. The summed E-state index contributed by atoms with van der Waals surface area (Å²) in [7, 11) is -3.72. The second-order valence-corrected chi connectivity index (χ2v) is 8.76. The van der Waals surface area contributed by atoms with Crippen LogP contribution < -0.4 is 4.72 Å². The summed E-state index contributed by atoms with van der Waals surface area (Å²) >= 11 is 0. The zero-order chi connectivity index (χ0) is 16.2. The minimum absolute atomic E-state index is 0.0540. The van der Waals surface area contributed by atoms with E-state index in [2.05, 4.69) is 4.72 Å². The fourth-order valence-electron chi connectivity index (χ4n) is 4.20. The van der Waals surface area contributed by atoms with Gasteiger partial charge in [-0.2, -0.15) is 0 Å². The Hall–Kier alpha value is -1.43. The first kappa shape index (κ1) is 15.5. The summed E-state index contributed by atoms with van der Waals surface area (Å²) < 4.78 is 40.6. The first-order valence-electron chi connectivity index (χ1n) is 7.46. The zero-order valence-electron chi connectivity index (χ0n) is 12.7. The summed E-state index contributed by atoms with van der Waals surface area (Å²) in [5.41, 5.74) is -0.924. The standard InChI is InChI=1S/C16H20FNO3S/c1-15(2)11-6-7-16(15,14(19)8-11)10-22(20,21)18-13-5-3-4-12(17)9-13/h3-5,9,11,18H,6-8,10H2,1-2H3/t11-,16+/m1/s1. The third-order valence-electron chi connectivity index (χ3n) is 5.67. The predicted molar refractivity (Wildman–Crippen MR) is 82.4 cm³/mol. The van der Waals surface area contributed by atoms with Gasteiger partial charge in [-0.25, -0.2) is 12.8 Å². The summed E-state index contributed by atoms with van der Waals surface area (Å²) in [4.78, 5) is 12.4. The Morgan fingerprint density at radius 1 is 1.36 bits per heavy atom. The average Bonchev–Trinajstić information content (AvgIpc) is 2.71. The summed E-state index contributed by atoms with van der Waals surface area (Å²) in [5, 5.41) is 0. The van der Waals surface area contributed by atoms with Gasteiger partial charge in [0.05, 0.1) is 16.9 Å². The van der Waals surface area contributed by atoms with Crippen molar-refractivity contribution in [2.45, 2.75) is 33.1 Å². The van der Waals surface area contributed by atoms with Crippen molar-refractivity contribution >= 4 is 21.5 Å². The van der Waals surface area contributed by atoms with E-state index in [1.165, 1.54) is 18.2 Å². The van der Waals surface area contributed by atoms with Crippen molar-refractivity contribution in [3.8, 4) is 0 Å². The van der Waals surface area contributed by atoms with E-state index < -0.39 is 21.3 Å². The zero-order valence-corrected chi connectivity index (χ0v) is 13.5. The van der Waals surface area contributed by atoms with E-state index in [-0.39, 0.29) is 28.6 Å². The van der Waals surface area contributed by atoms with Crippen molar-refractivity contribution < 1.29 is 17.6 Å². The molecule has 0 unspecified atom stereocenters. The fourth-order valence-corrected chi connectivity index (χ4v) is 6.08. The van der Waals surface area contributed by atoms with Crippen molar-refractivity contribution in [3.63, 3.8) is 0 Å². The number of ketones is 1. The number of rotatable bonds is 4. The largest absolute Gasteiger partial charge is 0.299 e. The molecule has 0 aliphatic heterocycles. The number of hydrogen-bond donors (Lipinski definition) is 1. The molecule has 0 saturated heterocycles. The highest BCUT2D eigenvalue weighted by atomic mass is 32.2. The van der Waals surface area contributed by atoms with Gasteiger partial charge in [0.15, 0.2) is 0 Å². The molecule has 2 aliphatic rings. The number of carbonyl (C=O) groups is 1. The number of carbonyl (C=O) groups excluding carboxylic acids is 1. The molecule has 120 valence electrons. The Bertz CT molecular complexity index is 729. The molecular formula is C16H20FNO3S. The van der Waals surface area contributed by atoms with Gasteiger partial charge >= 0.3 is 0 Å². The molecule has 2 atom stereocenters. The van der Waals surface area contributed by atoms with Crippen LogP contribution >= 0.6 is 0 Å². The molecule has 2 saturated carbocycles. The maximum atomic E-state index is 13.2. The first-order chi connectivity index (χ1) is 10.2. The quantitative estimate of drug-likeness (QED) is 0.925. The number of benzene rings is 1. The molecule has 3 rings (SSSR count). The number of nitrogens with one attached hydrogen (secondary N) is 1. The molecule has 2 bridgehead atoms. The van der Waals surface area contributed by atoms with Gasteiger partial charge in [-0.05, 0) is 42.4 Å². The molecule has 0 spiro atoms. The average molecular weight is 325 g/mol. The number of sulfonamides is 1. The highest BCUT2D eigenvalue weighted by Gasteiger charge is 2.65. The van der Waals surface area contributed by atoms with Crippen LogP contribution in [0, 0.1) is 22.6 Å². The molecule has 2 aliphatic carbocycles. The van der Waals surface area contributed by atoms with Gasteiger partial charge in [-0.1, -0.05) is 19.9 Å². The van der Waals surface area contributed by atoms with Crippen LogP contribution in [0.4, 0.5) is 10.1 Å². The van der Waals surface area contributed by atoms with Crippen LogP contribution in [-0.4, -0.2) is 20.0 Å². The van der Waals surface area contributed by atoms with E-state index in [1.807, 2.05) is 13.8 Å². The maximum Gasteiger partial charge on any atom is 0.233 e. The minimum atomic E-state index is -3.72. The molecule has 1 N–H and O–H groups in total. The Morgan fingerprint density at radius 2 is 2.09 bits per heavy atom. The van der Waals surface area contributed by atoms with Crippen LogP contribution in [0.3, 0.4) is 0 Å². The summed E-state index contributed by atoms with van der Waals surface area (Å²) in [6.07, 6.45) is 1.99. The van der Waals surface area contributed by atoms with E-state index >= 15 is 0 Å².